The SMILES string of the molecule is CC(=O)SCC=Cc1cccc(F)c1C(=O)O. The Hall–Kier alpha value is -1.62. The number of carbonyl (C=O) groups excluding carboxylic acids is 1. The molecule has 1 aromatic carbocycles. The van der Waals surface area contributed by atoms with Crippen molar-refractivity contribution in [3.05, 3.63) is 41.2 Å². The summed E-state index contributed by atoms with van der Waals surface area (Å²) in [6.45, 7) is 1.45. The molecule has 1 N–H and O–H groups in total. The molecular formula is C12H11FO3S. The Balaban J connectivity index is 2.87. The van der Waals surface area contributed by atoms with Gasteiger partial charge in [0.05, 0.1) is 0 Å². The summed E-state index contributed by atoms with van der Waals surface area (Å²) in [4.78, 5) is 21.5. The summed E-state index contributed by atoms with van der Waals surface area (Å²) in [5, 5.41) is 8.84. The van der Waals surface area contributed by atoms with Crippen LogP contribution < -0.4 is 0 Å². The third kappa shape index (κ3) is 4.03. The lowest BCUT2D eigenvalue weighted by atomic mass is 10.1. The normalized spacial score (nSPS) is 10.7. The molecule has 3 nitrogen and oxygen atoms in total. The van der Waals surface area contributed by atoms with Crippen molar-refractivity contribution in [3.8, 4) is 0 Å². The van der Waals surface area contributed by atoms with Crippen molar-refractivity contribution in [1.82, 2.24) is 0 Å². The fourth-order valence-electron chi connectivity index (χ4n) is 1.25. The second-order valence-corrected chi connectivity index (χ2v) is 4.41. The molecule has 0 aliphatic heterocycles. The van der Waals surface area contributed by atoms with Crippen molar-refractivity contribution in [3.63, 3.8) is 0 Å². The van der Waals surface area contributed by atoms with E-state index < -0.39 is 11.8 Å². The highest BCUT2D eigenvalue weighted by Gasteiger charge is 2.13. The van der Waals surface area contributed by atoms with Crippen LogP contribution in [0.5, 0.6) is 0 Å². The highest BCUT2D eigenvalue weighted by atomic mass is 32.2. The Bertz CT molecular complexity index is 469. The van der Waals surface area contributed by atoms with Crippen LogP contribution in [0.1, 0.15) is 22.8 Å². The van der Waals surface area contributed by atoms with E-state index in [0.29, 0.717) is 11.3 Å². The zero-order valence-corrected chi connectivity index (χ0v) is 9.96. The maximum absolute atomic E-state index is 13.3. The number of benzene rings is 1. The third-order valence-electron chi connectivity index (χ3n) is 1.94. The molecule has 0 atom stereocenters. The van der Waals surface area contributed by atoms with E-state index in [4.69, 9.17) is 5.11 Å². The quantitative estimate of drug-likeness (QED) is 0.897. The fourth-order valence-corrected chi connectivity index (χ4v) is 1.67. The molecule has 0 heterocycles. The summed E-state index contributed by atoms with van der Waals surface area (Å²) in [7, 11) is 0. The average molecular weight is 254 g/mol. The van der Waals surface area contributed by atoms with Gasteiger partial charge in [0.1, 0.15) is 11.4 Å². The predicted octanol–water partition coefficient (Wildman–Crippen LogP) is 2.82. The van der Waals surface area contributed by atoms with Gasteiger partial charge in [-0.2, -0.15) is 0 Å². The van der Waals surface area contributed by atoms with Crippen molar-refractivity contribution in [2.45, 2.75) is 6.92 Å². The van der Waals surface area contributed by atoms with Gasteiger partial charge in [-0.25, -0.2) is 9.18 Å². The van der Waals surface area contributed by atoms with E-state index in [2.05, 4.69) is 0 Å². The third-order valence-corrected chi connectivity index (χ3v) is 2.71. The van der Waals surface area contributed by atoms with Gasteiger partial charge in [-0.1, -0.05) is 36.0 Å². The van der Waals surface area contributed by atoms with Crippen LogP contribution >= 0.6 is 11.8 Å². The molecule has 0 saturated carbocycles. The van der Waals surface area contributed by atoms with Crippen LogP contribution in [0.25, 0.3) is 6.08 Å². The van der Waals surface area contributed by atoms with Crippen LogP contribution in [0, 0.1) is 5.82 Å². The Kier molecular flexibility index (Phi) is 4.90. The number of carbonyl (C=O) groups is 2. The van der Waals surface area contributed by atoms with Gasteiger partial charge in [0.25, 0.3) is 0 Å². The number of halogens is 1. The average Bonchev–Trinajstić information content (AvgIpc) is 2.23. The first-order valence-corrected chi connectivity index (χ1v) is 5.82. The molecule has 5 heteroatoms. The number of thioether (sulfide) groups is 1. The van der Waals surface area contributed by atoms with Crippen LogP contribution in [0.3, 0.4) is 0 Å². The molecule has 0 fully saturated rings. The molecule has 1 aromatic rings. The molecule has 0 bridgehead atoms. The molecule has 1 rings (SSSR count). The Morgan fingerprint density at radius 1 is 1.47 bits per heavy atom. The minimum Gasteiger partial charge on any atom is -0.478 e. The first kappa shape index (κ1) is 13.4. The van der Waals surface area contributed by atoms with E-state index in [1.165, 1.54) is 25.1 Å². The first-order valence-electron chi connectivity index (χ1n) is 4.84. The van der Waals surface area contributed by atoms with Crippen molar-refractivity contribution in [2.24, 2.45) is 0 Å². The zero-order chi connectivity index (χ0) is 12.8. The summed E-state index contributed by atoms with van der Waals surface area (Å²) in [6.07, 6.45) is 3.13. The maximum Gasteiger partial charge on any atom is 0.339 e. The Labute approximate surface area is 102 Å². The molecule has 0 saturated heterocycles. The van der Waals surface area contributed by atoms with Crippen LogP contribution in [0.2, 0.25) is 0 Å². The maximum atomic E-state index is 13.3. The lowest BCUT2D eigenvalue weighted by molar-refractivity contribution is -0.109. The summed E-state index contributed by atoms with van der Waals surface area (Å²) >= 11 is 1.10. The first-order chi connectivity index (χ1) is 8.02. The summed E-state index contributed by atoms with van der Waals surface area (Å²) in [6, 6.07) is 4.06. The van der Waals surface area contributed by atoms with Gasteiger partial charge >= 0.3 is 5.97 Å². The van der Waals surface area contributed by atoms with Crippen molar-refractivity contribution >= 4 is 28.9 Å². The number of rotatable bonds is 4. The lowest BCUT2D eigenvalue weighted by Crippen LogP contribution is -2.03. The monoisotopic (exact) mass is 254 g/mol. The van der Waals surface area contributed by atoms with E-state index in [0.717, 1.165) is 17.8 Å². The van der Waals surface area contributed by atoms with Gasteiger partial charge in [-0.05, 0) is 11.6 Å². The van der Waals surface area contributed by atoms with Gasteiger partial charge in [0, 0.05) is 12.7 Å². The number of carboxylic acid groups (broad SMARTS) is 1. The van der Waals surface area contributed by atoms with Gasteiger partial charge in [0.15, 0.2) is 5.12 Å². The lowest BCUT2D eigenvalue weighted by Gasteiger charge is -2.01. The van der Waals surface area contributed by atoms with Gasteiger partial charge in [-0.3, -0.25) is 4.79 Å². The summed E-state index contributed by atoms with van der Waals surface area (Å²) < 4.78 is 13.3. The second kappa shape index (κ2) is 6.20. The Morgan fingerprint density at radius 2 is 2.18 bits per heavy atom. The van der Waals surface area contributed by atoms with Crippen LogP contribution in [-0.4, -0.2) is 21.9 Å². The van der Waals surface area contributed by atoms with Crippen LogP contribution in [0.15, 0.2) is 24.3 Å². The number of carboxylic acids is 1. The molecule has 0 radical (unpaired) electrons. The van der Waals surface area contributed by atoms with Crippen molar-refractivity contribution in [2.75, 3.05) is 5.75 Å². The largest absolute Gasteiger partial charge is 0.478 e. The highest BCUT2D eigenvalue weighted by Crippen LogP contribution is 2.15. The zero-order valence-electron chi connectivity index (χ0n) is 9.14. The molecule has 0 aromatic heterocycles. The Morgan fingerprint density at radius 3 is 2.76 bits per heavy atom. The number of hydrogen-bond acceptors (Lipinski definition) is 3. The van der Waals surface area contributed by atoms with Gasteiger partial charge in [-0.15, -0.1) is 0 Å². The molecule has 0 amide bonds. The van der Waals surface area contributed by atoms with Crippen LogP contribution in [-0.2, 0) is 4.79 Å². The summed E-state index contributed by atoms with van der Waals surface area (Å²) in [5.41, 5.74) is -0.0572. The molecule has 90 valence electrons. The molecule has 17 heavy (non-hydrogen) atoms. The molecular weight excluding hydrogens is 243 g/mol. The van der Waals surface area contributed by atoms with Crippen molar-refractivity contribution in [1.29, 1.82) is 0 Å². The fraction of sp³-hybridized carbons (Fsp3) is 0.167. The molecule has 0 unspecified atom stereocenters. The highest BCUT2D eigenvalue weighted by molar-refractivity contribution is 8.13. The topological polar surface area (TPSA) is 54.4 Å². The van der Waals surface area contributed by atoms with Crippen molar-refractivity contribution < 1.29 is 19.1 Å². The molecule has 0 aliphatic carbocycles. The van der Waals surface area contributed by atoms with E-state index >= 15 is 0 Å². The number of aromatic carboxylic acids is 1. The van der Waals surface area contributed by atoms with Gasteiger partial charge < -0.3 is 5.11 Å². The minimum absolute atomic E-state index is 0.0210. The smallest absolute Gasteiger partial charge is 0.339 e. The van der Waals surface area contributed by atoms with E-state index in [1.54, 1.807) is 6.08 Å². The van der Waals surface area contributed by atoms with Crippen LogP contribution in [0.4, 0.5) is 4.39 Å². The second-order valence-electron chi connectivity index (χ2n) is 3.21. The van der Waals surface area contributed by atoms with E-state index in [9.17, 15) is 14.0 Å². The predicted molar refractivity (Wildman–Crippen MR) is 65.5 cm³/mol. The standard InChI is InChI=1S/C12H11FO3S/c1-8(14)17-7-3-5-9-4-2-6-10(13)11(9)12(15)16/h2-6H,7H2,1H3,(H,15,16). The number of hydrogen-bond donors (Lipinski definition) is 1. The van der Waals surface area contributed by atoms with E-state index in [-0.39, 0.29) is 10.7 Å². The van der Waals surface area contributed by atoms with E-state index in [1.807, 2.05) is 0 Å². The van der Waals surface area contributed by atoms with Gasteiger partial charge in [0.2, 0.25) is 0 Å². The minimum atomic E-state index is -1.30. The summed E-state index contributed by atoms with van der Waals surface area (Å²) in [5.74, 6) is -1.63. The molecule has 0 aliphatic rings. The molecule has 0 spiro atoms.